The van der Waals surface area contributed by atoms with E-state index in [-0.39, 0.29) is 6.10 Å². The smallest absolute Gasteiger partial charge is 0.258 e. The molecule has 1 aromatic rings. The maximum atomic E-state index is 6.99. The molecular formula is C22H34O2Si. The summed E-state index contributed by atoms with van der Waals surface area (Å²) < 4.78 is 13.2. The van der Waals surface area contributed by atoms with Gasteiger partial charge in [-0.2, -0.15) is 0 Å². The van der Waals surface area contributed by atoms with E-state index in [0.29, 0.717) is 16.6 Å². The van der Waals surface area contributed by atoms with Crippen molar-refractivity contribution in [3.05, 3.63) is 48.6 Å². The SMILES string of the molecule is C=CCCC1C=C(O[Si](C(C)C)(C(C)C)C(C)C)c2ccccc2O1. The molecule has 0 N–H and O–H groups in total. The van der Waals surface area contributed by atoms with Gasteiger partial charge in [-0.15, -0.1) is 6.58 Å². The average molecular weight is 359 g/mol. The highest BCUT2D eigenvalue weighted by Crippen LogP contribution is 2.46. The summed E-state index contributed by atoms with van der Waals surface area (Å²) in [4.78, 5) is 0. The lowest BCUT2D eigenvalue weighted by Gasteiger charge is -2.43. The van der Waals surface area contributed by atoms with E-state index < -0.39 is 8.32 Å². The van der Waals surface area contributed by atoms with E-state index in [1.807, 2.05) is 12.1 Å². The predicted molar refractivity (Wildman–Crippen MR) is 110 cm³/mol. The molecule has 1 aliphatic rings. The van der Waals surface area contributed by atoms with Crippen LogP contribution in [0.5, 0.6) is 5.75 Å². The van der Waals surface area contributed by atoms with Crippen molar-refractivity contribution in [3.8, 4) is 5.75 Å². The molecule has 138 valence electrons. The molecule has 2 rings (SSSR count). The van der Waals surface area contributed by atoms with Gasteiger partial charge in [0.1, 0.15) is 17.6 Å². The van der Waals surface area contributed by atoms with Crippen molar-refractivity contribution in [3.63, 3.8) is 0 Å². The van der Waals surface area contributed by atoms with Crippen molar-refractivity contribution in [2.45, 2.75) is 77.1 Å². The van der Waals surface area contributed by atoms with Crippen molar-refractivity contribution in [1.82, 2.24) is 0 Å². The molecule has 0 fully saturated rings. The van der Waals surface area contributed by atoms with Crippen LogP contribution in [0, 0.1) is 0 Å². The van der Waals surface area contributed by atoms with Gasteiger partial charge in [-0.25, -0.2) is 0 Å². The van der Waals surface area contributed by atoms with Gasteiger partial charge in [0, 0.05) is 0 Å². The van der Waals surface area contributed by atoms with E-state index >= 15 is 0 Å². The number of rotatable bonds is 8. The van der Waals surface area contributed by atoms with Gasteiger partial charge in [0.25, 0.3) is 8.32 Å². The first-order valence-corrected chi connectivity index (χ1v) is 11.7. The minimum absolute atomic E-state index is 0.0566. The van der Waals surface area contributed by atoms with E-state index in [2.05, 4.69) is 72.4 Å². The highest BCUT2D eigenvalue weighted by Gasteiger charge is 2.48. The summed E-state index contributed by atoms with van der Waals surface area (Å²) in [5.41, 5.74) is 2.75. The Morgan fingerprint density at radius 3 is 2.24 bits per heavy atom. The normalized spacial score (nSPS) is 17.3. The predicted octanol–water partition coefficient (Wildman–Crippen LogP) is 6.95. The second kappa shape index (κ2) is 8.26. The number of fused-ring (bicyclic) bond motifs is 1. The number of allylic oxidation sites excluding steroid dienone is 1. The zero-order chi connectivity index (χ0) is 18.6. The summed E-state index contributed by atoms with van der Waals surface area (Å²) in [6, 6.07) is 8.26. The Bertz CT molecular complexity index is 594. The van der Waals surface area contributed by atoms with Crippen LogP contribution in [0.15, 0.2) is 43.0 Å². The molecule has 1 atom stereocenters. The molecule has 0 aromatic heterocycles. The molecule has 1 aromatic carbocycles. The largest absolute Gasteiger partial charge is 0.542 e. The van der Waals surface area contributed by atoms with E-state index in [1.165, 1.54) is 0 Å². The fourth-order valence-electron chi connectivity index (χ4n) is 4.29. The lowest BCUT2D eigenvalue weighted by Crippen LogP contribution is -2.47. The lowest BCUT2D eigenvalue weighted by atomic mass is 10.1. The Morgan fingerprint density at radius 1 is 1.08 bits per heavy atom. The van der Waals surface area contributed by atoms with Crippen molar-refractivity contribution in [2.24, 2.45) is 0 Å². The number of ether oxygens (including phenoxy) is 1. The molecule has 0 aliphatic carbocycles. The second-order valence-electron chi connectivity index (χ2n) is 7.97. The molecule has 0 spiro atoms. The van der Waals surface area contributed by atoms with Crippen molar-refractivity contribution >= 4 is 14.1 Å². The minimum Gasteiger partial charge on any atom is -0.542 e. The van der Waals surface area contributed by atoms with Crippen LogP contribution >= 0.6 is 0 Å². The van der Waals surface area contributed by atoms with E-state index in [0.717, 1.165) is 29.9 Å². The third kappa shape index (κ3) is 4.03. The van der Waals surface area contributed by atoms with E-state index in [4.69, 9.17) is 9.16 Å². The minimum atomic E-state index is -1.99. The first-order chi connectivity index (χ1) is 11.8. The van der Waals surface area contributed by atoms with Crippen LogP contribution in [0.1, 0.15) is 59.9 Å². The first-order valence-electron chi connectivity index (χ1n) is 9.60. The van der Waals surface area contributed by atoms with E-state index in [9.17, 15) is 0 Å². The van der Waals surface area contributed by atoms with Crippen LogP contribution in [0.3, 0.4) is 0 Å². The Kier molecular flexibility index (Phi) is 6.56. The van der Waals surface area contributed by atoms with Crippen molar-refractivity contribution in [1.29, 1.82) is 0 Å². The third-order valence-electron chi connectivity index (χ3n) is 5.42. The van der Waals surface area contributed by atoms with Crippen LogP contribution in [0.2, 0.25) is 16.6 Å². The number of para-hydroxylation sites is 1. The molecule has 0 saturated heterocycles. The highest BCUT2D eigenvalue weighted by atomic mass is 28.4. The van der Waals surface area contributed by atoms with Gasteiger partial charge in [0.2, 0.25) is 0 Å². The lowest BCUT2D eigenvalue weighted by molar-refractivity contribution is 0.229. The van der Waals surface area contributed by atoms with Crippen LogP contribution in [-0.4, -0.2) is 14.4 Å². The zero-order valence-electron chi connectivity index (χ0n) is 16.7. The van der Waals surface area contributed by atoms with Gasteiger partial charge < -0.3 is 9.16 Å². The van der Waals surface area contributed by atoms with Gasteiger partial charge in [-0.05, 0) is 47.7 Å². The molecule has 0 amide bonds. The monoisotopic (exact) mass is 358 g/mol. The number of hydrogen-bond donors (Lipinski definition) is 0. The molecule has 0 radical (unpaired) electrons. The topological polar surface area (TPSA) is 18.5 Å². The van der Waals surface area contributed by atoms with Crippen molar-refractivity contribution < 1.29 is 9.16 Å². The maximum Gasteiger partial charge on any atom is 0.258 e. The summed E-state index contributed by atoms with van der Waals surface area (Å²) in [5.74, 6) is 1.96. The van der Waals surface area contributed by atoms with Crippen LogP contribution < -0.4 is 4.74 Å². The second-order valence-corrected chi connectivity index (χ2v) is 13.3. The fraction of sp³-hybridized carbons (Fsp3) is 0.545. The highest BCUT2D eigenvalue weighted by molar-refractivity contribution is 6.78. The molecule has 3 heteroatoms. The number of hydrogen-bond acceptors (Lipinski definition) is 2. The summed E-state index contributed by atoms with van der Waals surface area (Å²) >= 11 is 0. The Morgan fingerprint density at radius 2 is 1.68 bits per heavy atom. The molecule has 1 aliphatic heterocycles. The molecule has 1 unspecified atom stereocenters. The first kappa shape index (κ1) is 19.8. The average Bonchev–Trinajstić information content (AvgIpc) is 2.56. The van der Waals surface area contributed by atoms with Crippen molar-refractivity contribution in [2.75, 3.05) is 0 Å². The Labute approximate surface area is 155 Å². The summed E-state index contributed by atoms with van der Waals surface area (Å²) in [5, 5.41) is 0. The third-order valence-corrected chi connectivity index (χ3v) is 11.4. The summed E-state index contributed by atoms with van der Waals surface area (Å²) in [6.45, 7) is 17.8. The van der Waals surface area contributed by atoms with Crippen LogP contribution in [-0.2, 0) is 4.43 Å². The molecule has 0 bridgehead atoms. The van der Waals surface area contributed by atoms with E-state index in [1.54, 1.807) is 0 Å². The fourth-order valence-corrected chi connectivity index (χ4v) is 9.55. The summed E-state index contributed by atoms with van der Waals surface area (Å²) in [7, 11) is -1.99. The van der Waals surface area contributed by atoms with Crippen LogP contribution in [0.25, 0.3) is 5.76 Å². The summed E-state index contributed by atoms with van der Waals surface area (Å²) in [6.07, 6.45) is 6.08. The van der Waals surface area contributed by atoms with Gasteiger partial charge in [-0.3, -0.25) is 0 Å². The molecule has 2 nitrogen and oxygen atoms in total. The van der Waals surface area contributed by atoms with Gasteiger partial charge in [-0.1, -0.05) is 59.8 Å². The Balaban J connectivity index is 2.44. The molecule has 1 heterocycles. The van der Waals surface area contributed by atoms with Gasteiger partial charge >= 0.3 is 0 Å². The maximum absolute atomic E-state index is 6.99. The quantitative estimate of drug-likeness (QED) is 0.370. The number of benzene rings is 1. The molecular weight excluding hydrogens is 324 g/mol. The van der Waals surface area contributed by atoms with Crippen LogP contribution in [0.4, 0.5) is 0 Å². The van der Waals surface area contributed by atoms with Gasteiger partial charge in [0.05, 0.1) is 5.56 Å². The zero-order valence-corrected chi connectivity index (χ0v) is 17.7. The Hall–Kier alpha value is -1.48. The standard InChI is InChI=1S/C22H34O2Si/c1-8-9-12-19-15-22(20-13-10-11-14-21(20)23-19)24-25(16(2)3,17(4)5)18(6)7/h8,10-11,13-19H,1,9,12H2,2-7H3. The molecule has 25 heavy (non-hydrogen) atoms. The molecule has 0 saturated carbocycles. The van der Waals surface area contributed by atoms with Gasteiger partial charge in [0.15, 0.2) is 0 Å².